The van der Waals surface area contributed by atoms with Crippen LogP contribution < -0.4 is 37.1 Å². The van der Waals surface area contributed by atoms with Crippen molar-refractivity contribution in [2.45, 2.75) is 167 Å². The van der Waals surface area contributed by atoms with Crippen LogP contribution in [0.4, 0.5) is 0 Å². The summed E-state index contributed by atoms with van der Waals surface area (Å²) in [5.41, 5.74) is 7.03. The van der Waals surface area contributed by atoms with E-state index in [-0.39, 0.29) is 37.0 Å². The molecule has 0 saturated heterocycles. The smallest absolute Gasteiger partial charge is 0.326 e. The number of carbonyl (C=O) groups is 7. The lowest BCUT2D eigenvalue weighted by molar-refractivity contribution is -0.142. The fraction of sp³-hybridized carbons (Fsp3) is 0.528. The van der Waals surface area contributed by atoms with Crippen LogP contribution in [0.5, 0.6) is 11.5 Å². The Bertz CT molecular complexity index is 2020. The Balaban J connectivity index is 1.24. The zero-order chi connectivity index (χ0) is 50.4. The largest absolute Gasteiger partial charge is 0.480 e. The van der Waals surface area contributed by atoms with Crippen LogP contribution in [0.25, 0.3) is 0 Å². The third-order valence-electron chi connectivity index (χ3n) is 11.5. The normalized spacial score (nSPS) is 13.2. The molecule has 0 heterocycles. The lowest BCUT2D eigenvalue weighted by Crippen LogP contribution is -2.57. The summed E-state index contributed by atoms with van der Waals surface area (Å²) in [5.74, 6) is -2.95. The molecule has 378 valence electrons. The molecule has 0 radical (unpaired) electrons. The van der Waals surface area contributed by atoms with Gasteiger partial charge in [0.05, 0.1) is 12.5 Å². The molecule has 0 fully saturated rings. The molecule has 0 aliphatic carbocycles. The number of hydrogen-bond donors (Lipinski definition) is 8. The van der Waals surface area contributed by atoms with Crippen molar-refractivity contribution in [1.29, 1.82) is 0 Å². The minimum Gasteiger partial charge on any atom is -0.480 e. The number of carboxylic acid groups (broad SMARTS) is 1. The van der Waals surface area contributed by atoms with Gasteiger partial charge in [-0.15, -0.1) is 0 Å². The number of para-hydroxylation sites is 1. The molecular formula is C53H76N6O10. The number of benzene rings is 3. The lowest BCUT2D eigenvalue weighted by Gasteiger charge is -2.25. The predicted octanol–water partition coefficient (Wildman–Crippen LogP) is 6.17. The average molecular weight is 957 g/mol. The van der Waals surface area contributed by atoms with E-state index < -0.39 is 66.3 Å². The number of rotatable bonds is 35. The Morgan fingerprint density at radius 3 is 1.55 bits per heavy atom. The number of nitrogens with two attached hydrogens (primary N) is 1. The van der Waals surface area contributed by atoms with Crippen LogP contribution in [0, 0.1) is 5.92 Å². The van der Waals surface area contributed by atoms with Crippen LogP contribution >= 0.6 is 0 Å². The van der Waals surface area contributed by atoms with Gasteiger partial charge in [0.25, 0.3) is 0 Å². The molecule has 5 atom stereocenters. The number of amides is 6. The van der Waals surface area contributed by atoms with Gasteiger partial charge in [-0.1, -0.05) is 139 Å². The second-order valence-electron chi connectivity index (χ2n) is 18.2. The Labute approximate surface area is 407 Å². The molecule has 9 N–H and O–H groups in total. The van der Waals surface area contributed by atoms with E-state index in [1.54, 1.807) is 30.3 Å². The van der Waals surface area contributed by atoms with E-state index in [1.165, 1.54) is 6.92 Å². The average Bonchev–Trinajstić information content (AvgIpc) is 3.30. The SMILES string of the molecule is CC(C)C[C@H](NC(=O)[C@@H](NC(=O)CCCCCCCCCCCCCCC(=O)N[C@@H](CC(N)=O)C(=O)N[C@@H](Cc1ccccc1)C(=O)O)[C@H](C)O)C(=O)NCCc1ccc(Oc2ccccc2)cc1. The van der Waals surface area contributed by atoms with Crippen LogP contribution in [-0.4, -0.2) is 88.4 Å². The maximum Gasteiger partial charge on any atom is 0.326 e. The summed E-state index contributed by atoms with van der Waals surface area (Å²) < 4.78 is 5.85. The molecule has 16 nitrogen and oxygen atoms in total. The molecule has 3 aromatic rings. The molecule has 0 bridgehead atoms. The first-order valence-electron chi connectivity index (χ1n) is 24.6. The molecule has 0 aliphatic rings. The molecule has 6 amide bonds. The van der Waals surface area contributed by atoms with Crippen molar-refractivity contribution >= 4 is 41.4 Å². The second kappa shape index (κ2) is 32.5. The highest BCUT2D eigenvalue weighted by Crippen LogP contribution is 2.21. The van der Waals surface area contributed by atoms with E-state index in [0.29, 0.717) is 43.5 Å². The number of aliphatic carboxylic acids is 1. The van der Waals surface area contributed by atoms with Gasteiger partial charge in [-0.25, -0.2) is 4.79 Å². The number of aliphatic hydroxyl groups excluding tert-OH is 1. The van der Waals surface area contributed by atoms with Gasteiger partial charge in [0.15, 0.2) is 0 Å². The summed E-state index contributed by atoms with van der Waals surface area (Å²) in [7, 11) is 0. The highest BCUT2D eigenvalue weighted by Gasteiger charge is 2.31. The Morgan fingerprint density at radius 2 is 1.04 bits per heavy atom. The maximum absolute atomic E-state index is 13.3. The Hall–Kier alpha value is -6.29. The molecule has 0 saturated carbocycles. The first-order chi connectivity index (χ1) is 33.1. The number of aliphatic hydroxyl groups is 1. The second-order valence-corrected chi connectivity index (χ2v) is 18.2. The summed E-state index contributed by atoms with van der Waals surface area (Å²) in [5, 5.41) is 33.4. The van der Waals surface area contributed by atoms with Gasteiger partial charge >= 0.3 is 5.97 Å². The fourth-order valence-corrected chi connectivity index (χ4v) is 7.76. The number of primary amides is 1. The molecule has 69 heavy (non-hydrogen) atoms. The summed E-state index contributed by atoms with van der Waals surface area (Å²) in [4.78, 5) is 88.3. The zero-order valence-electron chi connectivity index (χ0n) is 40.7. The zero-order valence-corrected chi connectivity index (χ0v) is 40.7. The van der Waals surface area contributed by atoms with Crippen molar-refractivity contribution in [3.63, 3.8) is 0 Å². The van der Waals surface area contributed by atoms with Crippen molar-refractivity contribution in [3.8, 4) is 11.5 Å². The van der Waals surface area contributed by atoms with Gasteiger partial charge in [0.1, 0.15) is 35.7 Å². The number of hydrogen-bond acceptors (Lipinski definition) is 9. The number of carbonyl (C=O) groups excluding carboxylic acids is 6. The standard InChI is InChI=1S/C53H76N6O10/c1-37(2)34-43(50(64)55-33-32-39-28-30-42(31-29-39)69-41-24-18-15-19-25-41)57-52(66)49(38(3)60)59-48(63)27-21-13-11-9-7-5-4-6-8-10-12-20-26-47(62)56-44(36-46(54)61)51(65)58-45(53(67)68)35-40-22-16-14-17-23-40/h14-19,22-25,28-31,37-38,43-45,49,60H,4-13,20-21,26-27,32-36H2,1-3H3,(H2,54,61)(H,55,64)(H,56,62)(H,57,66)(H,58,65)(H,59,63)(H,67,68)/t38-,43-,44-,45-,49-/m0/s1. The molecule has 3 aromatic carbocycles. The minimum absolute atomic E-state index is 0.0391. The highest BCUT2D eigenvalue weighted by atomic mass is 16.5. The summed E-state index contributed by atoms with van der Waals surface area (Å²) in [6, 6.07) is 21.4. The quantitative estimate of drug-likeness (QED) is 0.0311. The third-order valence-corrected chi connectivity index (χ3v) is 11.5. The third kappa shape index (κ3) is 24.5. The van der Waals surface area contributed by atoms with E-state index >= 15 is 0 Å². The first-order valence-corrected chi connectivity index (χ1v) is 24.6. The summed E-state index contributed by atoms with van der Waals surface area (Å²) in [6.45, 7) is 5.70. The van der Waals surface area contributed by atoms with Gasteiger partial charge in [0.2, 0.25) is 35.4 Å². The van der Waals surface area contributed by atoms with Crippen molar-refractivity contribution in [2.24, 2.45) is 11.7 Å². The highest BCUT2D eigenvalue weighted by molar-refractivity contribution is 5.94. The van der Waals surface area contributed by atoms with Gasteiger partial charge < -0.3 is 47.3 Å². The Kier molecular flexibility index (Phi) is 26.8. The van der Waals surface area contributed by atoms with E-state index in [4.69, 9.17) is 10.5 Å². The van der Waals surface area contributed by atoms with Crippen LogP contribution in [0.15, 0.2) is 84.9 Å². The maximum atomic E-state index is 13.3. The van der Waals surface area contributed by atoms with Crippen molar-refractivity contribution in [1.82, 2.24) is 26.6 Å². The molecule has 0 aromatic heterocycles. The van der Waals surface area contributed by atoms with E-state index in [0.717, 1.165) is 75.5 Å². The predicted molar refractivity (Wildman–Crippen MR) is 265 cm³/mol. The van der Waals surface area contributed by atoms with Crippen LogP contribution in [0.2, 0.25) is 0 Å². The molecule has 16 heteroatoms. The minimum atomic E-state index is -1.27. The molecule has 0 spiro atoms. The van der Waals surface area contributed by atoms with Crippen molar-refractivity contribution < 1.29 is 48.5 Å². The van der Waals surface area contributed by atoms with Gasteiger partial charge in [-0.3, -0.25) is 28.8 Å². The molecular weight excluding hydrogens is 881 g/mol. The van der Waals surface area contributed by atoms with E-state index in [1.807, 2.05) is 68.4 Å². The Morgan fingerprint density at radius 1 is 0.551 bits per heavy atom. The van der Waals surface area contributed by atoms with Gasteiger partial charge in [0, 0.05) is 25.8 Å². The summed E-state index contributed by atoms with van der Waals surface area (Å²) in [6.07, 6.45) is 11.1. The van der Waals surface area contributed by atoms with E-state index in [9.17, 15) is 43.8 Å². The number of ether oxygens (including phenoxy) is 1. The number of carboxylic acids is 1. The first kappa shape index (κ1) is 57.0. The lowest BCUT2D eigenvalue weighted by atomic mass is 10.0. The molecule has 0 aliphatic heterocycles. The van der Waals surface area contributed by atoms with E-state index in [2.05, 4.69) is 26.6 Å². The van der Waals surface area contributed by atoms with Crippen LogP contribution in [0.1, 0.15) is 135 Å². The van der Waals surface area contributed by atoms with Crippen LogP contribution in [-0.2, 0) is 46.4 Å². The number of unbranched alkanes of at least 4 members (excludes halogenated alkanes) is 11. The molecule has 0 unspecified atom stereocenters. The van der Waals surface area contributed by atoms with Gasteiger partial charge in [-0.2, -0.15) is 0 Å². The molecule has 3 rings (SSSR count). The summed E-state index contributed by atoms with van der Waals surface area (Å²) >= 11 is 0. The van der Waals surface area contributed by atoms with Crippen molar-refractivity contribution in [2.75, 3.05) is 6.54 Å². The van der Waals surface area contributed by atoms with Crippen molar-refractivity contribution in [3.05, 3.63) is 96.1 Å². The topological polar surface area (TPSA) is 255 Å². The number of nitrogens with one attached hydrogen (secondary N) is 5. The van der Waals surface area contributed by atoms with Crippen LogP contribution in [0.3, 0.4) is 0 Å². The monoisotopic (exact) mass is 957 g/mol. The van der Waals surface area contributed by atoms with Gasteiger partial charge in [-0.05, 0) is 73.9 Å². The fourth-order valence-electron chi connectivity index (χ4n) is 7.76.